The lowest BCUT2D eigenvalue weighted by Crippen LogP contribution is -2.37. The SMILES string of the molecule is Cc1cc(-c2ccncc2)ccc1NC(=O)Cn1cnc2c1c(=O)n(C)c(=O)n2C. The molecule has 9 nitrogen and oxygen atoms in total. The van der Waals surface area contributed by atoms with Gasteiger partial charge in [0.25, 0.3) is 5.56 Å². The Kier molecular flexibility index (Phi) is 4.78. The summed E-state index contributed by atoms with van der Waals surface area (Å²) in [4.78, 5) is 45.3. The molecule has 1 amide bonds. The van der Waals surface area contributed by atoms with E-state index in [-0.39, 0.29) is 23.6 Å². The van der Waals surface area contributed by atoms with Gasteiger partial charge in [-0.3, -0.25) is 23.7 Å². The number of anilines is 1. The van der Waals surface area contributed by atoms with E-state index < -0.39 is 11.2 Å². The van der Waals surface area contributed by atoms with Crippen molar-refractivity contribution in [2.45, 2.75) is 13.5 Å². The Morgan fingerprint density at radius 3 is 2.47 bits per heavy atom. The van der Waals surface area contributed by atoms with Gasteiger partial charge in [-0.15, -0.1) is 0 Å². The van der Waals surface area contributed by atoms with Crippen LogP contribution in [0, 0.1) is 6.92 Å². The summed E-state index contributed by atoms with van der Waals surface area (Å²) in [6, 6.07) is 9.60. The third-order valence-electron chi connectivity index (χ3n) is 5.05. The predicted molar refractivity (Wildman–Crippen MR) is 113 cm³/mol. The standard InChI is InChI=1S/C21H20N6O3/c1-13-10-15(14-6-8-22-9-7-14)4-5-16(13)24-17(28)11-27-12-23-19-18(27)20(29)26(3)21(30)25(19)2/h4-10,12H,11H2,1-3H3,(H,24,28). The van der Waals surface area contributed by atoms with E-state index in [4.69, 9.17) is 0 Å². The van der Waals surface area contributed by atoms with Gasteiger partial charge >= 0.3 is 5.69 Å². The highest BCUT2D eigenvalue weighted by Crippen LogP contribution is 2.24. The maximum Gasteiger partial charge on any atom is 0.332 e. The fourth-order valence-corrected chi connectivity index (χ4v) is 3.39. The van der Waals surface area contributed by atoms with Crippen LogP contribution >= 0.6 is 0 Å². The lowest BCUT2D eigenvalue weighted by atomic mass is 10.0. The molecule has 3 aromatic heterocycles. The highest BCUT2D eigenvalue weighted by Gasteiger charge is 2.16. The van der Waals surface area contributed by atoms with Gasteiger partial charge in [-0.2, -0.15) is 0 Å². The molecule has 0 spiro atoms. The quantitative estimate of drug-likeness (QED) is 0.554. The molecule has 4 aromatic rings. The molecular weight excluding hydrogens is 384 g/mol. The second-order valence-corrected chi connectivity index (χ2v) is 7.06. The van der Waals surface area contributed by atoms with Crippen LogP contribution in [0.25, 0.3) is 22.3 Å². The second-order valence-electron chi connectivity index (χ2n) is 7.06. The van der Waals surface area contributed by atoms with Gasteiger partial charge in [-0.25, -0.2) is 9.78 Å². The van der Waals surface area contributed by atoms with E-state index in [1.165, 1.54) is 29.6 Å². The van der Waals surface area contributed by atoms with Crippen LogP contribution in [0.15, 0.2) is 58.6 Å². The average Bonchev–Trinajstić information content (AvgIpc) is 3.16. The van der Waals surface area contributed by atoms with Gasteiger partial charge < -0.3 is 9.88 Å². The first-order valence-electron chi connectivity index (χ1n) is 9.28. The van der Waals surface area contributed by atoms with Crippen LogP contribution in [-0.4, -0.2) is 29.6 Å². The first-order chi connectivity index (χ1) is 14.4. The van der Waals surface area contributed by atoms with Crippen molar-refractivity contribution in [3.8, 4) is 11.1 Å². The van der Waals surface area contributed by atoms with Crippen LogP contribution in [0.4, 0.5) is 5.69 Å². The Morgan fingerprint density at radius 1 is 1.03 bits per heavy atom. The summed E-state index contributed by atoms with van der Waals surface area (Å²) < 4.78 is 3.74. The Labute approximate surface area is 171 Å². The van der Waals surface area contributed by atoms with Crippen molar-refractivity contribution in [3.05, 3.63) is 75.5 Å². The molecule has 0 atom stereocenters. The van der Waals surface area contributed by atoms with Crippen molar-refractivity contribution in [1.29, 1.82) is 0 Å². The molecule has 1 aromatic carbocycles. The number of nitrogens with one attached hydrogen (secondary N) is 1. The molecular formula is C21H20N6O3. The number of rotatable bonds is 4. The Morgan fingerprint density at radius 2 is 1.77 bits per heavy atom. The number of benzene rings is 1. The molecule has 0 aliphatic carbocycles. The van der Waals surface area contributed by atoms with Crippen LogP contribution in [0.2, 0.25) is 0 Å². The summed E-state index contributed by atoms with van der Waals surface area (Å²) >= 11 is 0. The normalized spacial score (nSPS) is 11.0. The Bertz CT molecular complexity index is 1380. The molecule has 0 aliphatic rings. The zero-order valence-electron chi connectivity index (χ0n) is 16.8. The number of hydrogen-bond donors (Lipinski definition) is 1. The zero-order chi connectivity index (χ0) is 21.4. The summed E-state index contributed by atoms with van der Waals surface area (Å²) in [5.74, 6) is -0.301. The van der Waals surface area contributed by atoms with E-state index in [9.17, 15) is 14.4 Å². The van der Waals surface area contributed by atoms with Crippen LogP contribution in [0.3, 0.4) is 0 Å². The summed E-state index contributed by atoms with van der Waals surface area (Å²) in [5, 5.41) is 2.87. The third kappa shape index (κ3) is 3.30. The van der Waals surface area contributed by atoms with Crippen molar-refractivity contribution in [2.75, 3.05) is 5.32 Å². The summed E-state index contributed by atoms with van der Waals surface area (Å²) in [7, 11) is 2.93. The first-order valence-corrected chi connectivity index (χ1v) is 9.28. The maximum atomic E-state index is 12.6. The van der Waals surface area contributed by atoms with Crippen molar-refractivity contribution in [3.63, 3.8) is 0 Å². The zero-order valence-corrected chi connectivity index (χ0v) is 16.8. The Balaban J connectivity index is 1.59. The van der Waals surface area contributed by atoms with Crippen LogP contribution in [0.5, 0.6) is 0 Å². The highest BCUT2D eigenvalue weighted by molar-refractivity contribution is 5.92. The minimum Gasteiger partial charge on any atom is -0.324 e. The number of carbonyl (C=O) groups excluding carboxylic acids is 1. The number of amides is 1. The molecule has 0 bridgehead atoms. The summed E-state index contributed by atoms with van der Waals surface area (Å²) in [6.07, 6.45) is 4.86. The molecule has 1 N–H and O–H groups in total. The van der Waals surface area contributed by atoms with Crippen LogP contribution < -0.4 is 16.6 Å². The van der Waals surface area contributed by atoms with Crippen LogP contribution in [-0.2, 0) is 25.4 Å². The summed E-state index contributed by atoms with van der Waals surface area (Å²) in [5.41, 5.74) is 3.15. The smallest absolute Gasteiger partial charge is 0.324 e. The van der Waals surface area contributed by atoms with Gasteiger partial charge in [-0.05, 0) is 47.9 Å². The molecule has 0 unspecified atom stereocenters. The van der Waals surface area contributed by atoms with Gasteiger partial charge in [0.1, 0.15) is 6.54 Å². The van der Waals surface area contributed by atoms with Crippen molar-refractivity contribution < 1.29 is 4.79 Å². The minimum atomic E-state index is -0.490. The molecule has 3 heterocycles. The lowest BCUT2D eigenvalue weighted by molar-refractivity contribution is -0.116. The largest absolute Gasteiger partial charge is 0.332 e. The van der Waals surface area contributed by atoms with E-state index in [0.29, 0.717) is 5.69 Å². The van der Waals surface area contributed by atoms with Gasteiger partial charge in [-0.1, -0.05) is 6.07 Å². The molecule has 9 heteroatoms. The number of aromatic nitrogens is 5. The van der Waals surface area contributed by atoms with E-state index in [2.05, 4.69) is 15.3 Å². The molecule has 0 radical (unpaired) electrons. The first kappa shape index (κ1) is 19.3. The van der Waals surface area contributed by atoms with Gasteiger partial charge in [0.15, 0.2) is 11.2 Å². The fourth-order valence-electron chi connectivity index (χ4n) is 3.39. The number of aryl methyl sites for hydroxylation is 2. The van der Waals surface area contributed by atoms with E-state index in [1.54, 1.807) is 12.4 Å². The van der Waals surface area contributed by atoms with Crippen molar-refractivity contribution in [2.24, 2.45) is 14.1 Å². The fraction of sp³-hybridized carbons (Fsp3) is 0.190. The van der Waals surface area contributed by atoms with Gasteiger partial charge in [0, 0.05) is 32.2 Å². The van der Waals surface area contributed by atoms with E-state index >= 15 is 0 Å². The average molecular weight is 404 g/mol. The molecule has 0 saturated heterocycles. The van der Waals surface area contributed by atoms with E-state index in [0.717, 1.165) is 21.3 Å². The molecule has 30 heavy (non-hydrogen) atoms. The lowest BCUT2D eigenvalue weighted by Gasteiger charge is -2.11. The molecule has 0 saturated carbocycles. The molecule has 0 aliphatic heterocycles. The topological polar surface area (TPSA) is 104 Å². The summed E-state index contributed by atoms with van der Waals surface area (Å²) in [6.45, 7) is 1.81. The predicted octanol–water partition coefficient (Wildman–Crippen LogP) is 1.44. The minimum absolute atomic E-state index is 0.102. The van der Waals surface area contributed by atoms with Gasteiger partial charge in [0.05, 0.1) is 6.33 Å². The number of hydrogen-bond acceptors (Lipinski definition) is 5. The number of pyridine rings is 1. The van der Waals surface area contributed by atoms with Crippen molar-refractivity contribution >= 4 is 22.8 Å². The molecule has 4 rings (SSSR count). The number of imidazole rings is 1. The van der Waals surface area contributed by atoms with Gasteiger partial charge in [0.2, 0.25) is 5.91 Å². The Hall–Kier alpha value is -4.01. The highest BCUT2D eigenvalue weighted by atomic mass is 16.2. The number of carbonyl (C=O) groups is 1. The van der Waals surface area contributed by atoms with E-state index in [1.807, 2.05) is 37.3 Å². The number of fused-ring (bicyclic) bond motifs is 1. The maximum absolute atomic E-state index is 12.6. The monoisotopic (exact) mass is 404 g/mol. The second kappa shape index (κ2) is 7.43. The molecule has 0 fully saturated rings. The third-order valence-corrected chi connectivity index (χ3v) is 5.05. The van der Waals surface area contributed by atoms with Crippen LogP contribution in [0.1, 0.15) is 5.56 Å². The van der Waals surface area contributed by atoms with Crippen molar-refractivity contribution in [1.82, 2.24) is 23.7 Å². The molecule has 152 valence electrons. The number of nitrogens with zero attached hydrogens (tertiary/aromatic N) is 5.